The molecule has 1 N–H and O–H groups in total. The molecule has 17 heavy (non-hydrogen) atoms. The van der Waals surface area contributed by atoms with Crippen LogP contribution >= 0.6 is 0 Å². The summed E-state index contributed by atoms with van der Waals surface area (Å²) < 4.78 is 20.0. The predicted octanol–water partition coefficient (Wildman–Crippen LogP) is -0.229. The van der Waals surface area contributed by atoms with Gasteiger partial charge in [0.15, 0.2) is 0 Å². The van der Waals surface area contributed by atoms with Crippen molar-refractivity contribution in [2.45, 2.75) is 0 Å². The molecule has 0 aliphatic heterocycles. The Morgan fingerprint density at radius 1 is 0.941 bits per heavy atom. The third kappa shape index (κ3) is 14.9. The summed E-state index contributed by atoms with van der Waals surface area (Å²) in [5.74, 6) is 1.36. The molecule has 0 atom stereocenters. The highest BCUT2D eigenvalue weighted by Gasteiger charge is 1.95. The van der Waals surface area contributed by atoms with Gasteiger partial charge in [-0.3, -0.25) is 0 Å². The minimum Gasteiger partial charge on any atom is -0.480 e. The molecule has 0 aliphatic carbocycles. The number of aliphatic carboxylic acids is 1. The molecule has 0 aromatic carbocycles. The minimum atomic E-state index is -0.986. The van der Waals surface area contributed by atoms with Crippen LogP contribution in [0.25, 0.3) is 0 Å². The number of terminal acetylenes is 1. The number of ether oxygens (including phenoxy) is 4. The molecule has 0 heterocycles. The monoisotopic (exact) mass is 246 g/mol. The van der Waals surface area contributed by atoms with Gasteiger partial charge < -0.3 is 24.1 Å². The highest BCUT2D eigenvalue weighted by Crippen LogP contribution is 1.82. The zero-order valence-electron chi connectivity index (χ0n) is 9.72. The average Bonchev–Trinajstić information content (AvgIpc) is 2.30. The molecule has 0 amide bonds. The first-order valence-corrected chi connectivity index (χ1v) is 5.23. The lowest BCUT2D eigenvalue weighted by Gasteiger charge is -2.05. The van der Waals surface area contributed by atoms with E-state index in [1.807, 2.05) is 0 Å². The lowest BCUT2D eigenvalue weighted by molar-refractivity contribution is -0.142. The molecule has 98 valence electrons. The maximum atomic E-state index is 10.1. The largest absolute Gasteiger partial charge is 0.480 e. The van der Waals surface area contributed by atoms with E-state index in [-0.39, 0.29) is 13.2 Å². The van der Waals surface area contributed by atoms with E-state index in [4.69, 9.17) is 30.5 Å². The number of carboxylic acid groups (broad SMARTS) is 1. The van der Waals surface area contributed by atoms with Crippen LogP contribution in [0.1, 0.15) is 0 Å². The quantitative estimate of drug-likeness (QED) is 0.379. The SMILES string of the molecule is C#CCOCCOCCOCCOCC(=O)O. The van der Waals surface area contributed by atoms with Crippen LogP contribution < -0.4 is 0 Å². The summed E-state index contributed by atoms with van der Waals surface area (Å²) in [6, 6.07) is 0. The number of rotatable bonds is 12. The number of hydrogen-bond donors (Lipinski definition) is 1. The van der Waals surface area contributed by atoms with Gasteiger partial charge in [-0.15, -0.1) is 6.42 Å². The maximum Gasteiger partial charge on any atom is 0.329 e. The molecule has 6 heteroatoms. The molecule has 6 nitrogen and oxygen atoms in total. The third-order valence-corrected chi connectivity index (χ3v) is 1.53. The second-order valence-electron chi connectivity index (χ2n) is 2.93. The van der Waals surface area contributed by atoms with Crippen molar-refractivity contribution in [3.05, 3.63) is 0 Å². The van der Waals surface area contributed by atoms with Crippen LogP contribution in [0.4, 0.5) is 0 Å². The van der Waals surface area contributed by atoms with Crippen molar-refractivity contribution in [1.82, 2.24) is 0 Å². The van der Waals surface area contributed by atoms with E-state index in [9.17, 15) is 4.79 Å². The van der Waals surface area contributed by atoms with Crippen molar-refractivity contribution in [3.63, 3.8) is 0 Å². The summed E-state index contributed by atoms with van der Waals surface area (Å²) >= 11 is 0. The van der Waals surface area contributed by atoms with Gasteiger partial charge in [-0.05, 0) is 0 Å². The summed E-state index contributed by atoms with van der Waals surface area (Å²) in [4.78, 5) is 10.1. The van der Waals surface area contributed by atoms with E-state index in [1.165, 1.54) is 0 Å². The molecular formula is C11H18O6. The molecule has 0 fully saturated rings. The van der Waals surface area contributed by atoms with Gasteiger partial charge in [-0.25, -0.2) is 4.79 Å². The number of carbonyl (C=O) groups is 1. The van der Waals surface area contributed by atoms with Gasteiger partial charge in [0, 0.05) is 0 Å². The summed E-state index contributed by atoms with van der Waals surface area (Å²) in [7, 11) is 0. The van der Waals surface area contributed by atoms with E-state index in [0.29, 0.717) is 39.6 Å². The van der Waals surface area contributed by atoms with Crippen LogP contribution in [0.15, 0.2) is 0 Å². The fourth-order valence-corrected chi connectivity index (χ4v) is 0.848. The van der Waals surface area contributed by atoms with Crippen LogP contribution in [0.3, 0.4) is 0 Å². The highest BCUT2D eigenvalue weighted by atomic mass is 16.6. The molecule has 0 unspecified atom stereocenters. The second-order valence-corrected chi connectivity index (χ2v) is 2.93. The maximum absolute atomic E-state index is 10.1. The third-order valence-electron chi connectivity index (χ3n) is 1.53. The van der Waals surface area contributed by atoms with Gasteiger partial charge in [0.2, 0.25) is 0 Å². The van der Waals surface area contributed by atoms with Gasteiger partial charge in [-0.2, -0.15) is 0 Å². The highest BCUT2D eigenvalue weighted by molar-refractivity contribution is 5.67. The zero-order valence-corrected chi connectivity index (χ0v) is 9.72. The van der Waals surface area contributed by atoms with Crippen LogP contribution in [0.5, 0.6) is 0 Å². The lowest BCUT2D eigenvalue weighted by Crippen LogP contribution is -2.14. The van der Waals surface area contributed by atoms with Crippen molar-refractivity contribution in [1.29, 1.82) is 0 Å². The fourth-order valence-electron chi connectivity index (χ4n) is 0.848. The van der Waals surface area contributed by atoms with Gasteiger partial charge in [0.1, 0.15) is 13.2 Å². The Bertz CT molecular complexity index is 222. The Labute approximate surface area is 101 Å². The molecular weight excluding hydrogens is 228 g/mol. The molecule has 0 aromatic rings. The smallest absolute Gasteiger partial charge is 0.329 e. The topological polar surface area (TPSA) is 74.2 Å². The Balaban J connectivity index is 2.94. The summed E-state index contributed by atoms with van der Waals surface area (Å²) in [6.07, 6.45) is 4.98. The van der Waals surface area contributed by atoms with E-state index in [2.05, 4.69) is 5.92 Å². The summed E-state index contributed by atoms with van der Waals surface area (Å²) in [5, 5.41) is 8.26. The normalized spacial score (nSPS) is 10.1. The first kappa shape index (κ1) is 15.9. The molecule has 0 aliphatic rings. The first-order valence-electron chi connectivity index (χ1n) is 5.23. The molecule has 0 radical (unpaired) electrons. The van der Waals surface area contributed by atoms with Crippen molar-refractivity contribution in [2.24, 2.45) is 0 Å². The van der Waals surface area contributed by atoms with Gasteiger partial charge >= 0.3 is 5.97 Å². The fraction of sp³-hybridized carbons (Fsp3) is 0.727. The van der Waals surface area contributed by atoms with E-state index in [1.54, 1.807) is 0 Å². The Hall–Kier alpha value is -1.13. The van der Waals surface area contributed by atoms with Crippen molar-refractivity contribution >= 4 is 5.97 Å². The summed E-state index contributed by atoms with van der Waals surface area (Å²) in [6.45, 7) is 2.44. The number of hydrogen-bond acceptors (Lipinski definition) is 5. The van der Waals surface area contributed by atoms with E-state index < -0.39 is 5.97 Å². The Morgan fingerprint density at radius 2 is 1.41 bits per heavy atom. The molecule has 0 bridgehead atoms. The first-order chi connectivity index (χ1) is 8.27. The molecule has 0 rings (SSSR count). The van der Waals surface area contributed by atoms with Crippen LogP contribution in [-0.4, -0.2) is 63.9 Å². The van der Waals surface area contributed by atoms with E-state index >= 15 is 0 Å². The Morgan fingerprint density at radius 3 is 1.88 bits per heavy atom. The summed E-state index contributed by atoms with van der Waals surface area (Å²) in [5.41, 5.74) is 0. The second kappa shape index (κ2) is 12.9. The molecule has 0 saturated heterocycles. The standard InChI is InChI=1S/C11H18O6/c1-2-3-14-4-5-15-6-7-16-8-9-17-10-11(12)13/h1H,3-10H2,(H,12,13). The van der Waals surface area contributed by atoms with Crippen LogP contribution in [0.2, 0.25) is 0 Å². The van der Waals surface area contributed by atoms with Gasteiger partial charge in [-0.1, -0.05) is 5.92 Å². The number of carboxylic acids is 1. The van der Waals surface area contributed by atoms with Crippen LogP contribution in [-0.2, 0) is 23.7 Å². The molecule has 0 spiro atoms. The molecule has 0 saturated carbocycles. The zero-order chi connectivity index (χ0) is 12.8. The predicted molar refractivity (Wildman–Crippen MR) is 59.7 cm³/mol. The van der Waals surface area contributed by atoms with Gasteiger partial charge in [0.05, 0.1) is 39.6 Å². The molecule has 0 aromatic heterocycles. The van der Waals surface area contributed by atoms with Gasteiger partial charge in [0.25, 0.3) is 0 Å². The van der Waals surface area contributed by atoms with Crippen molar-refractivity contribution in [3.8, 4) is 12.3 Å². The minimum absolute atomic E-state index is 0.261. The lowest BCUT2D eigenvalue weighted by atomic mass is 10.7. The Kier molecular flexibility index (Phi) is 12.1. The van der Waals surface area contributed by atoms with Crippen molar-refractivity contribution < 1.29 is 28.8 Å². The average molecular weight is 246 g/mol. The van der Waals surface area contributed by atoms with Crippen LogP contribution in [0, 0.1) is 12.3 Å². The van der Waals surface area contributed by atoms with E-state index in [0.717, 1.165) is 0 Å². The van der Waals surface area contributed by atoms with Crippen molar-refractivity contribution in [2.75, 3.05) is 52.9 Å².